The highest BCUT2D eigenvalue weighted by atomic mass is 31.2. The Bertz CT molecular complexity index is 972. The molecule has 6 nitrogen and oxygen atoms in total. The van der Waals surface area contributed by atoms with E-state index in [1.165, 1.54) is 0 Å². The quantitative estimate of drug-likeness (QED) is 0.364. The van der Waals surface area contributed by atoms with Crippen LogP contribution in [0.4, 0.5) is 5.69 Å². The first-order chi connectivity index (χ1) is 15.0. The molecule has 2 aromatic rings. The van der Waals surface area contributed by atoms with Crippen LogP contribution in [-0.4, -0.2) is 21.3 Å². The molecule has 7 heteroatoms. The fourth-order valence-corrected chi connectivity index (χ4v) is 5.23. The molecular formula is C26H41N2O4P. The van der Waals surface area contributed by atoms with Crippen LogP contribution < -0.4 is 9.84 Å². The Morgan fingerprint density at radius 1 is 1.00 bits per heavy atom. The zero-order chi connectivity index (χ0) is 25.4. The third-order valence-electron chi connectivity index (χ3n) is 5.53. The maximum atomic E-state index is 13.3. The monoisotopic (exact) mass is 476 g/mol. The molecule has 0 aliphatic rings. The number of hydrogen-bond acceptors (Lipinski definition) is 5. The van der Waals surface area contributed by atoms with E-state index in [0.29, 0.717) is 11.4 Å². The first kappa shape index (κ1) is 27.2. The van der Waals surface area contributed by atoms with Crippen LogP contribution in [0.3, 0.4) is 0 Å². The smallest absolute Gasteiger partial charge is 0.395 e. The van der Waals surface area contributed by atoms with Gasteiger partial charge in [-0.05, 0) is 34.8 Å². The second kappa shape index (κ2) is 9.68. The lowest BCUT2D eigenvalue weighted by Gasteiger charge is -2.36. The summed E-state index contributed by atoms with van der Waals surface area (Å²) in [4.78, 5) is 14.9. The molecule has 0 fully saturated rings. The molecule has 0 saturated carbocycles. The van der Waals surface area contributed by atoms with Gasteiger partial charge in [0.1, 0.15) is 17.8 Å². The molecule has 0 aliphatic carbocycles. The van der Waals surface area contributed by atoms with Gasteiger partial charge in [0.2, 0.25) is 0 Å². The molecule has 1 heterocycles. The third-order valence-corrected chi connectivity index (χ3v) is 6.56. The minimum atomic E-state index is -4.09. The summed E-state index contributed by atoms with van der Waals surface area (Å²) in [6.45, 7) is 20.3. The number of pyridine rings is 1. The lowest BCUT2D eigenvalue weighted by atomic mass is 9.71. The fourth-order valence-electron chi connectivity index (χ4n) is 4.30. The van der Waals surface area contributed by atoms with Crippen LogP contribution in [0.5, 0.6) is 11.5 Å². The lowest BCUT2D eigenvalue weighted by molar-refractivity contribution is 0.368. The molecule has 3 N–H and O–H groups in total. The van der Waals surface area contributed by atoms with Gasteiger partial charge < -0.3 is 19.8 Å². The summed E-state index contributed by atoms with van der Waals surface area (Å²) in [6, 6.07) is 3.53. The fraction of sp³-hybridized carbons (Fsp3) is 0.577. The van der Waals surface area contributed by atoms with E-state index < -0.39 is 18.4 Å². The van der Waals surface area contributed by atoms with Gasteiger partial charge in [-0.2, -0.15) is 0 Å². The van der Waals surface area contributed by atoms with Crippen LogP contribution in [0, 0.1) is 0 Å². The number of rotatable bonds is 7. The predicted molar refractivity (Wildman–Crippen MR) is 137 cm³/mol. The highest BCUT2D eigenvalue weighted by Gasteiger charge is 2.38. The summed E-state index contributed by atoms with van der Waals surface area (Å²) in [7, 11) is -4.09. The summed E-state index contributed by atoms with van der Waals surface area (Å²) in [5, 5.41) is 14.5. The number of aromatic hydroxyl groups is 1. The van der Waals surface area contributed by atoms with Crippen LogP contribution in [0.15, 0.2) is 24.5 Å². The number of anilines is 1. The van der Waals surface area contributed by atoms with E-state index in [1.807, 2.05) is 69.2 Å². The molecule has 2 rings (SSSR count). The number of phenolic OH excluding ortho intramolecular Hbond substituents is 1. The summed E-state index contributed by atoms with van der Waals surface area (Å²) in [5.74, 6) is 0.623. The molecule has 0 aliphatic heterocycles. The first-order valence-electron chi connectivity index (χ1n) is 11.6. The second-order valence-corrected chi connectivity index (χ2v) is 13.1. The second-order valence-electron chi connectivity index (χ2n) is 11.4. The molecule has 0 bridgehead atoms. The van der Waals surface area contributed by atoms with E-state index in [-0.39, 0.29) is 23.9 Å². The number of nitrogens with one attached hydrogen (secondary N) is 1. The Morgan fingerprint density at radius 3 is 1.85 bits per heavy atom. The van der Waals surface area contributed by atoms with Crippen molar-refractivity contribution in [1.29, 1.82) is 0 Å². The highest BCUT2D eigenvalue weighted by Crippen LogP contribution is 2.55. The largest absolute Gasteiger partial charge is 0.507 e. The topological polar surface area (TPSA) is 91.7 Å². The van der Waals surface area contributed by atoms with E-state index >= 15 is 0 Å². The maximum absolute atomic E-state index is 13.3. The number of nitrogens with zero attached hydrogens (tertiary/aromatic N) is 1. The predicted octanol–water partition coefficient (Wildman–Crippen LogP) is 7.26. The van der Waals surface area contributed by atoms with E-state index in [4.69, 9.17) is 4.52 Å². The zero-order valence-corrected chi connectivity index (χ0v) is 22.7. The molecule has 184 valence electrons. The zero-order valence-electron chi connectivity index (χ0n) is 21.8. The standard InChI is InChI=1S/C26H41N2O4P/c1-16(2)19-21(25(5,6)7)23(29)22(26(8,9)10)20(17(3)4)24(19)32-33(30,31)15-28-18-12-11-13-27-14-18/h11-14,16-17,28-29H,15H2,1-10H3,(H,30,31). The minimum Gasteiger partial charge on any atom is -0.507 e. The van der Waals surface area contributed by atoms with Crippen LogP contribution in [0.1, 0.15) is 103 Å². The molecule has 0 saturated heterocycles. The van der Waals surface area contributed by atoms with Gasteiger partial charge >= 0.3 is 7.60 Å². The van der Waals surface area contributed by atoms with Crippen molar-refractivity contribution in [3.63, 3.8) is 0 Å². The van der Waals surface area contributed by atoms with Gasteiger partial charge in [0.05, 0.1) is 5.69 Å². The van der Waals surface area contributed by atoms with Gasteiger partial charge in [0, 0.05) is 34.6 Å². The van der Waals surface area contributed by atoms with Gasteiger partial charge in [0.15, 0.2) is 0 Å². The molecule has 0 radical (unpaired) electrons. The summed E-state index contributed by atoms with van der Waals surface area (Å²) in [6.07, 6.45) is 2.97. The van der Waals surface area contributed by atoms with Crippen molar-refractivity contribution in [3.8, 4) is 11.5 Å². The summed E-state index contributed by atoms with van der Waals surface area (Å²) in [5.41, 5.74) is 2.94. The van der Waals surface area contributed by atoms with Crippen LogP contribution in [0.2, 0.25) is 0 Å². The van der Waals surface area contributed by atoms with E-state index in [0.717, 1.165) is 22.3 Å². The average molecular weight is 477 g/mol. The molecule has 33 heavy (non-hydrogen) atoms. The number of benzene rings is 1. The molecule has 1 atom stereocenters. The van der Waals surface area contributed by atoms with Crippen molar-refractivity contribution in [3.05, 3.63) is 46.8 Å². The van der Waals surface area contributed by atoms with Gasteiger partial charge in [-0.1, -0.05) is 69.2 Å². The van der Waals surface area contributed by atoms with Crippen molar-refractivity contribution in [2.75, 3.05) is 11.6 Å². The van der Waals surface area contributed by atoms with Crippen molar-refractivity contribution < 1.29 is 19.1 Å². The van der Waals surface area contributed by atoms with Gasteiger partial charge in [0.25, 0.3) is 0 Å². The van der Waals surface area contributed by atoms with Gasteiger partial charge in [-0.3, -0.25) is 4.98 Å². The van der Waals surface area contributed by atoms with Crippen LogP contribution in [0.25, 0.3) is 0 Å². The molecule has 0 amide bonds. The normalized spacial score (nSPS) is 14.5. The van der Waals surface area contributed by atoms with E-state index in [2.05, 4.69) is 10.3 Å². The number of aromatic nitrogens is 1. The first-order valence-corrected chi connectivity index (χ1v) is 13.3. The van der Waals surface area contributed by atoms with Gasteiger partial charge in [-0.15, -0.1) is 0 Å². The Kier molecular flexibility index (Phi) is 7.98. The highest BCUT2D eigenvalue weighted by molar-refractivity contribution is 7.53. The van der Waals surface area contributed by atoms with Crippen LogP contribution in [-0.2, 0) is 15.4 Å². The van der Waals surface area contributed by atoms with Gasteiger partial charge in [-0.25, -0.2) is 4.57 Å². The summed E-state index contributed by atoms with van der Waals surface area (Å²) < 4.78 is 19.4. The Hall–Kier alpha value is -2.04. The van der Waals surface area contributed by atoms with Crippen molar-refractivity contribution >= 4 is 13.3 Å². The molecule has 1 aromatic heterocycles. The summed E-state index contributed by atoms with van der Waals surface area (Å²) >= 11 is 0. The molecule has 1 unspecified atom stereocenters. The van der Waals surface area contributed by atoms with E-state index in [9.17, 15) is 14.6 Å². The third kappa shape index (κ3) is 6.30. The number of phenols is 1. The number of hydrogen-bond donors (Lipinski definition) is 3. The molecular weight excluding hydrogens is 435 g/mol. The lowest BCUT2D eigenvalue weighted by Crippen LogP contribution is -2.24. The Balaban J connectivity index is 2.79. The van der Waals surface area contributed by atoms with Crippen molar-refractivity contribution in [2.45, 2.75) is 91.9 Å². The Labute approximate surface area is 199 Å². The maximum Gasteiger partial charge on any atom is 0.395 e. The Morgan fingerprint density at radius 2 is 1.48 bits per heavy atom. The van der Waals surface area contributed by atoms with Crippen molar-refractivity contribution in [1.82, 2.24) is 4.98 Å². The van der Waals surface area contributed by atoms with Crippen LogP contribution >= 0.6 is 7.60 Å². The molecule has 0 spiro atoms. The average Bonchev–Trinajstić information content (AvgIpc) is 2.65. The van der Waals surface area contributed by atoms with E-state index in [1.54, 1.807) is 24.5 Å². The van der Waals surface area contributed by atoms with Crippen molar-refractivity contribution in [2.24, 2.45) is 0 Å². The minimum absolute atomic E-state index is 0.0297. The molecule has 1 aromatic carbocycles. The SMILES string of the molecule is CC(C)c1c(OP(=O)(O)CNc2cccnc2)c(C(C)C)c(C(C)(C)C)c(O)c1C(C)(C)C.